The lowest BCUT2D eigenvalue weighted by Gasteiger charge is -2.17. The first-order chi connectivity index (χ1) is 26.0. The van der Waals surface area contributed by atoms with Crippen LogP contribution in [0, 0.1) is 0 Å². The molecule has 0 amide bonds. The van der Waals surface area contributed by atoms with Crippen LogP contribution in [0.15, 0.2) is 150 Å². The second-order valence-electron chi connectivity index (χ2n) is 8.85. The van der Waals surface area contributed by atoms with Crippen molar-refractivity contribution in [2.75, 3.05) is 0 Å². The lowest BCUT2D eigenvalue weighted by atomic mass is 9.86. The van der Waals surface area contributed by atoms with Gasteiger partial charge < -0.3 is 4.42 Å². The summed E-state index contributed by atoms with van der Waals surface area (Å²) in [5, 5.41) is 1.34. The Labute approximate surface area is 249 Å². The molecule has 8 aromatic rings. The molecule has 0 saturated heterocycles. The van der Waals surface area contributed by atoms with E-state index in [0.717, 1.165) is 0 Å². The van der Waals surface area contributed by atoms with Crippen LogP contribution in [0.1, 0.15) is 21.9 Å². The van der Waals surface area contributed by atoms with Crippen molar-refractivity contribution >= 4 is 43.5 Å². The van der Waals surface area contributed by atoms with Crippen LogP contribution in [0.2, 0.25) is 0 Å². The molecule has 0 radical (unpaired) electrons. The zero-order valence-corrected chi connectivity index (χ0v) is 20.0. The van der Waals surface area contributed by atoms with Gasteiger partial charge in [-0.2, -0.15) is 0 Å². The highest BCUT2D eigenvalue weighted by Gasteiger charge is 2.17. The zero-order valence-electron chi connectivity index (χ0n) is 36.0. The van der Waals surface area contributed by atoms with Gasteiger partial charge in [0, 0.05) is 10.8 Å². The summed E-state index contributed by atoms with van der Waals surface area (Å²) in [4.78, 5) is 0. The first kappa shape index (κ1) is 11.3. The lowest BCUT2D eigenvalue weighted by molar-refractivity contribution is 0.669. The van der Waals surface area contributed by atoms with Gasteiger partial charge >= 0.3 is 0 Å². The molecule has 182 valence electrons. The average molecular weight is 513 g/mol. The Morgan fingerprint density at radius 1 is 0.385 bits per heavy atom. The van der Waals surface area contributed by atoms with Crippen molar-refractivity contribution in [1.29, 1.82) is 0 Å². The zero-order chi connectivity index (χ0) is 39.7. The van der Waals surface area contributed by atoms with Crippen molar-refractivity contribution in [2.45, 2.75) is 0 Å². The SMILES string of the molecule is [2H]c1c([2H])c([2H])c(-c2c([2H])c([2H])c3c(oc4c([2H])c(-c5c6ccccc6c(-c6c([2H])c([2H])c([2H])c([2H])c6[2H])c6ccccc56)c([2H])c([2H])c43)c2[2H])c([2H])c1[2H]. The van der Waals surface area contributed by atoms with Gasteiger partial charge in [0.2, 0.25) is 0 Å². The molecule has 0 saturated carbocycles. The third-order valence-electron chi connectivity index (χ3n) is 6.69. The molecule has 0 fully saturated rings. The van der Waals surface area contributed by atoms with Gasteiger partial charge in [-0.25, -0.2) is 0 Å². The second kappa shape index (κ2) is 8.72. The molecule has 0 unspecified atom stereocenters. The quantitative estimate of drug-likeness (QED) is 0.215. The Morgan fingerprint density at radius 3 is 1.36 bits per heavy atom. The van der Waals surface area contributed by atoms with Crippen LogP contribution in [0.5, 0.6) is 0 Å². The third kappa shape index (κ3) is 3.48. The monoisotopic (exact) mass is 512 g/mol. The Balaban J connectivity index is 1.51. The molecule has 0 aliphatic carbocycles. The summed E-state index contributed by atoms with van der Waals surface area (Å²) in [6.45, 7) is 0. The summed E-state index contributed by atoms with van der Waals surface area (Å²) in [5.74, 6) is 0. The standard InChI is InChI=1S/C38H24O/c1-3-11-25(12-4-1)27-19-21-29-30-22-20-28(24-36(30)39-35(29)23-27)38-33-17-9-7-15-31(33)37(26-13-5-2-6-14-26)32-16-8-10-18-34(32)38/h1-24H/i1D,2D,3D,4D,5D,6D,11D,12D,13D,14D,19D,20D,21D,22D,23D,24D. The molecule has 1 aromatic heterocycles. The van der Waals surface area contributed by atoms with E-state index in [0.29, 0.717) is 32.7 Å². The van der Waals surface area contributed by atoms with E-state index >= 15 is 0 Å². The van der Waals surface area contributed by atoms with Crippen LogP contribution in [0.3, 0.4) is 0 Å². The molecule has 0 N–H and O–H groups in total. The summed E-state index contributed by atoms with van der Waals surface area (Å²) < 4.78 is 145. The highest BCUT2D eigenvalue weighted by atomic mass is 16.3. The minimum Gasteiger partial charge on any atom is -0.456 e. The number of rotatable bonds is 3. The first-order valence-electron chi connectivity index (χ1n) is 20.1. The van der Waals surface area contributed by atoms with Crippen molar-refractivity contribution in [2.24, 2.45) is 0 Å². The summed E-state index contributed by atoms with van der Waals surface area (Å²) >= 11 is 0. The number of hydrogen-bond acceptors (Lipinski definition) is 1. The smallest absolute Gasteiger partial charge is 0.136 e. The second-order valence-corrected chi connectivity index (χ2v) is 8.85. The van der Waals surface area contributed by atoms with Gasteiger partial charge in [0.05, 0.1) is 21.9 Å². The van der Waals surface area contributed by atoms with Crippen molar-refractivity contribution in [3.63, 3.8) is 0 Å². The van der Waals surface area contributed by atoms with Gasteiger partial charge in [-0.05, 0) is 79.1 Å². The molecule has 7 aromatic carbocycles. The third-order valence-corrected chi connectivity index (χ3v) is 6.69. The number of hydrogen-bond donors (Lipinski definition) is 0. The van der Waals surface area contributed by atoms with E-state index in [2.05, 4.69) is 0 Å². The van der Waals surface area contributed by atoms with E-state index in [9.17, 15) is 4.11 Å². The van der Waals surface area contributed by atoms with Gasteiger partial charge in [-0.1, -0.05) is 121 Å². The van der Waals surface area contributed by atoms with Crippen molar-refractivity contribution in [3.8, 4) is 33.4 Å². The summed E-state index contributed by atoms with van der Waals surface area (Å²) in [6.07, 6.45) is 0. The molecule has 39 heavy (non-hydrogen) atoms. The predicted octanol–water partition coefficient (Wildman–Crippen LogP) is 10.9. The molecule has 1 heteroatoms. The molecule has 1 heterocycles. The maximum Gasteiger partial charge on any atom is 0.136 e. The van der Waals surface area contributed by atoms with Crippen molar-refractivity contribution in [1.82, 2.24) is 0 Å². The van der Waals surface area contributed by atoms with Gasteiger partial charge in [0.25, 0.3) is 0 Å². The molecule has 0 aliphatic rings. The molecule has 0 aliphatic heterocycles. The number of fused-ring (bicyclic) bond motifs is 5. The average Bonchev–Trinajstić information content (AvgIpc) is 3.60. The van der Waals surface area contributed by atoms with Gasteiger partial charge in [0.15, 0.2) is 0 Å². The van der Waals surface area contributed by atoms with E-state index in [1.54, 1.807) is 48.5 Å². The molecule has 0 atom stereocenters. The van der Waals surface area contributed by atoms with E-state index < -0.39 is 108 Å². The fraction of sp³-hybridized carbons (Fsp3) is 0. The highest BCUT2D eigenvalue weighted by Crippen LogP contribution is 2.44. The van der Waals surface area contributed by atoms with Crippen LogP contribution < -0.4 is 0 Å². The summed E-state index contributed by atoms with van der Waals surface area (Å²) in [5.41, 5.74) is -1.05. The van der Waals surface area contributed by atoms with E-state index in [1.807, 2.05) is 0 Å². The van der Waals surface area contributed by atoms with Crippen LogP contribution in [-0.4, -0.2) is 0 Å². The molecular weight excluding hydrogens is 472 g/mol. The molecule has 8 rings (SSSR count). The van der Waals surface area contributed by atoms with E-state index in [4.69, 9.17) is 22.2 Å². The minimum atomic E-state index is -0.701. The molecule has 0 bridgehead atoms. The first-order valence-corrected chi connectivity index (χ1v) is 12.1. The van der Waals surface area contributed by atoms with Gasteiger partial charge in [-0.3, -0.25) is 0 Å². The predicted molar refractivity (Wildman–Crippen MR) is 165 cm³/mol. The summed E-state index contributed by atoms with van der Waals surface area (Å²) in [6, 6.07) is 4.57. The van der Waals surface area contributed by atoms with Crippen molar-refractivity contribution in [3.05, 3.63) is 145 Å². The van der Waals surface area contributed by atoms with Crippen LogP contribution in [-0.2, 0) is 0 Å². The highest BCUT2D eigenvalue weighted by molar-refractivity contribution is 6.22. The van der Waals surface area contributed by atoms with E-state index in [1.165, 1.54) is 0 Å². The van der Waals surface area contributed by atoms with E-state index in [-0.39, 0.29) is 33.1 Å². The topological polar surface area (TPSA) is 13.1 Å². The fourth-order valence-corrected chi connectivity index (χ4v) is 5.05. The maximum atomic E-state index is 9.50. The largest absolute Gasteiger partial charge is 0.456 e. The van der Waals surface area contributed by atoms with Crippen LogP contribution in [0.4, 0.5) is 0 Å². The Bertz CT molecular complexity index is 2940. The van der Waals surface area contributed by atoms with Gasteiger partial charge in [0.1, 0.15) is 11.2 Å². The van der Waals surface area contributed by atoms with Crippen molar-refractivity contribution < 1.29 is 26.3 Å². The minimum absolute atomic E-state index is 0.0388. The molecular formula is C38H24O. The molecule has 1 nitrogen and oxygen atoms in total. The fourth-order valence-electron chi connectivity index (χ4n) is 5.05. The normalized spacial score (nSPS) is 17.3. The lowest BCUT2D eigenvalue weighted by Crippen LogP contribution is -1.90. The molecule has 0 spiro atoms. The number of benzene rings is 7. The Kier molecular flexibility index (Phi) is 2.53. The van der Waals surface area contributed by atoms with Crippen LogP contribution >= 0.6 is 0 Å². The maximum absolute atomic E-state index is 9.50. The summed E-state index contributed by atoms with van der Waals surface area (Å²) in [7, 11) is 0. The Hall–Kier alpha value is -5.14. The Morgan fingerprint density at radius 2 is 0.821 bits per heavy atom. The van der Waals surface area contributed by atoms with Crippen LogP contribution in [0.25, 0.3) is 76.9 Å². The number of furan rings is 1. The van der Waals surface area contributed by atoms with Gasteiger partial charge in [-0.15, -0.1) is 0 Å².